The third kappa shape index (κ3) is 2.42. The van der Waals surface area contributed by atoms with Crippen molar-refractivity contribution in [1.82, 2.24) is 19.7 Å². The molecule has 0 amide bonds. The van der Waals surface area contributed by atoms with Crippen molar-refractivity contribution < 1.29 is 4.92 Å². The van der Waals surface area contributed by atoms with Crippen LogP contribution in [-0.2, 0) is 0 Å². The highest BCUT2D eigenvalue weighted by atomic mass is 35.5. The molecule has 2 aromatic rings. The first-order valence-corrected chi connectivity index (χ1v) is 6.30. The van der Waals surface area contributed by atoms with Gasteiger partial charge in [-0.2, -0.15) is 10.1 Å². The Balaban J connectivity index is 2.65. The summed E-state index contributed by atoms with van der Waals surface area (Å²) >= 11 is 6.07. The van der Waals surface area contributed by atoms with Crippen molar-refractivity contribution in [3.05, 3.63) is 32.7 Å². The van der Waals surface area contributed by atoms with Gasteiger partial charge in [0.2, 0.25) is 11.8 Å². The summed E-state index contributed by atoms with van der Waals surface area (Å²) in [6.07, 6.45) is 1.16. The summed E-state index contributed by atoms with van der Waals surface area (Å²) in [6.45, 7) is 5.94. The molecular formula is C11H13ClN6O2. The number of aromatic nitrogens is 4. The highest BCUT2D eigenvalue weighted by Gasteiger charge is 2.22. The van der Waals surface area contributed by atoms with E-state index in [1.807, 2.05) is 6.92 Å². The second-order valence-electron chi connectivity index (χ2n) is 4.09. The van der Waals surface area contributed by atoms with Gasteiger partial charge in [-0.1, -0.05) is 11.6 Å². The monoisotopic (exact) mass is 296 g/mol. The van der Waals surface area contributed by atoms with E-state index in [1.165, 1.54) is 4.68 Å². The molecule has 0 aromatic carbocycles. The van der Waals surface area contributed by atoms with Crippen molar-refractivity contribution in [1.29, 1.82) is 0 Å². The van der Waals surface area contributed by atoms with Crippen LogP contribution in [-0.4, -0.2) is 31.2 Å². The van der Waals surface area contributed by atoms with Gasteiger partial charge in [-0.25, -0.2) is 9.67 Å². The molecule has 2 heterocycles. The number of rotatable bonds is 4. The maximum absolute atomic E-state index is 11.1. The Hall–Kier alpha value is -2.22. The second-order valence-corrected chi connectivity index (χ2v) is 4.46. The molecule has 0 aliphatic rings. The summed E-state index contributed by atoms with van der Waals surface area (Å²) in [5.74, 6) is 0.394. The molecule has 9 heteroatoms. The van der Waals surface area contributed by atoms with Crippen LogP contribution in [0.4, 0.5) is 11.6 Å². The van der Waals surface area contributed by atoms with Crippen molar-refractivity contribution in [2.45, 2.75) is 20.8 Å². The molecule has 2 aromatic heterocycles. The molecule has 0 atom stereocenters. The predicted molar refractivity (Wildman–Crippen MR) is 74.5 cm³/mol. The molecule has 0 radical (unpaired) electrons. The summed E-state index contributed by atoms with van der Waals surface area (Å²) in [7, 11) is 0. The highest BCUT2D eigenvalue weighted by Crippen LogP contribution is 2.26. The molecule has 2 rings (SSSR count). The zero-order chi connectivity index (χ0) is 14.9. The Morgan fingerprint density at radius 1 is 1.50 bits per heavy atom. The van der Waals surface area contributed by atoms with E-state index >= 15 is 0 Å². The largest absolute Gasteiger partial charge is 0.354 e. The summed E-state index contributed by atoms with van der Waals surface area (Å²) in [5.41, 5.74) is 0.949. The summed E-state index contributed by atoms with van der Waals surface area (Å²) in [6, 6.07) is 0. The van der Waals surface area contributed by atoms with Crippen LogP contribution >= 0.6 is 11.6 Å². The Bertz CT molecular complexity index is 669. The molecule has 0 unspecified atom stereocenters. The molecule has 0 aliphatic heterocycles. The molecule has 1 N–H and O–H groups in total. The van der Waals surface area contributed by atoms with Crippen molar-refractivity contribution in [2.24, 2.45) is 0 Å². The molecule has 8 nitrogen and oxygen atoms in total. The number of nitrogens with one attached hydrogen (secondary N) is 1. The lowest BCUT2D eigenvalue weighted by atomic mass is 10.4. The Labute approximate surface area is 120 Å². The average molecular weight is 297 g/mol. The molecule has 0 fully saturated rings. The standard InChI is InChI=1S/C11H13ClN6O2/c1-4-13-11-14-5-8(18(19)20)10(15-11)17-7(3)9(12)6(2)16-17/h5H,4H2,1-3H3,(H,13,14,15). The van der Waals surface area contributed by atoms with Gasteiger partial charge in [0.1, 0.15) is 6.20 Å². The minimum absolute atomic E-state index is 0.0912. The molecule has 0 spiro atoms. The van der Waals surface area contributed by atoms with E-state index in [1.54, 1.807) is 13.8 Å². The van der Waals surface area contributed by atoms with E-state index in [0.717, 1.165) is 6.20 Å². The number of anilines is 1. The van der Waals surface area contributed by atoms with Crippen molar-refractivity contribution in [3.63, 3.8) is 0 Å². The first kappa shape index (κ1) is 14.2. The minimum Gasteiger partial charge on any atom is -0.354 e. The quantitative estimate of drug-likeness (QED) is 0.686. The van der Waals surface area contributed by atoms with Crippen LogP contribution in [0.15, 0.2) is 6.20 Å². The molecular weight excluding hydrogens is 284 g/mol. The SMILES string of the molecule is CCNc1ncc([N+](=O)[O-])c(-n2nc(C)c(Cl)c2C)n1. The summed E-state index contributed by atoms with van der Waals surface area (Å²) in [4.78, 5) is 18.6. The number of aryl methyl sites for hydroxylation is 1. The molecule has 0 aliphatic carbocycles. The smallest absolute Gasteiger partial charge is 0.332 e. The van der Waals surface area contributed by atoms with Crippen LogP contribution in [0.1, 0.15) is 18.3 Å². The summed E-state index contributed by atoms with van der Waals surface area (Å²) in [5, 5.41) is 18.7. The lowest BCUT2D eigenvalue weighted by Gasteiger charge is -2.07. The fourth-order valence-corrected chi connectivity index (χ4v) is 1.84. The fraction of sp³-hybridized carbons (Fsp3) is 0.364. The van der Waals surface area contributed by atoms with Gasteiger partial charge in [-0.3, -0.25) is 10.1 Å². The molecule has 20 heavy (non-hydrogen) atoms. The van der Waals surface area contributed by atoms with Gasteiger partial charge in [0.25, 0.3) is 0 Å². The third-order valence-electron chi connectivity index (χ3n) is 2.69. The highest BCUT2D eigenvalue weighted by molar-refractivity contribution is 6.31. The van der Waals surface area contributed by atoms with E-state index in [4.69, 9.17) is 11.6 Å². The van der Waals surface area contributed by atoms with E-state index in [-0.39, 0.29) is 11.5 Å². The first-order chi connectivity index (χ1) is 9.45. The van der Waals surface area contributed by atoms with E-state index in [2.05, 4.69) is 20.4 Å². The first-order valence-electron chi connectivity index (χ1n) is 5.93. The van der Waals surface area contributed by atoms with Crippen molar-refractivity contribution in [3.8, 4) is 5.82 Å². The lowest BCUT2D eigenvalue weighted by Crippen LogP contribution is -2.10. The van der Waals surface area contributed by atoms with Gasteiger partial charge in [0.15, 0.2) is 0 Å². The Morgan fingerprint density at radius 2 is 2.20 bits per heavy atom. The van der Waals surface area contributed by atoms with Gasteiger partial charge < -0.3 is 5.32 Å². The van der Waals surface area contributed by atoms with Crippen molar-refractivity contribution in [2.75, 3.05) is 11.9 Å². The van der Waals surface area contributed by atoms with Gasteiger partial charge in [-0.15, -0.1) is 0 Å². The Kier molecular flexibility index (Phi) is 3.84. The summed E-state index contributed by atoms with van der Waals surface area (Å²) < 4.78 is 1.36. The molecule has 0 bridgehead atoms. The van der Waals surface area contributed by atoms with Crippen LogP contribution in [0.25, 0.3) is 5.82 Å². The topological polar surface area (TPSA) is 98.8 Å². The van der Waals surface area contributed by atoms with E-state index in [9.17, 15) is 10.1 Å². The van der Waals surface area contributed by atoms with Crippen LogP contribution in [0.3, 0.4) is 0 Å². The van der Waals surface area contributed by atoms with Crippen LogP contribution in [0.5, 0.6) is 0 Å². The molecule has 0 saturated carbocycles. The number of nitrogens with zero attached hydrogens (tertiary/aromatic N) is 5. The van der Waals surface area contributed by atoms with Crippen LogP contribution < -0.4 is 5.32 Å². The maximum atomic E-state index is 11.1. The normalized spacial score (nSPS) is 10.6. The zero-order valence-corrected chi connectivity index (χ0v) is 12.0. The Morgan fingerprint density at radius 3 is 2.70 bits per heavy atom. The second kappa shape index (κ2) is 5.41. The van der Waals surface area contributed by atoms with Crippen LogP contribution in [0.2, 0.25) is 5.02 Å². The van der Waals surface area contributed by atoms with E-state index in [0.29, 0.717) is 28.9 Å². The van der Waals surface area contributed by atoms with Gasteiger partial charge in [-0.05, 0) is 20.8 Å². The number of hydrogen-bond acceptors (Lipinski definition) is 6. The third-order valence-corrected chi connectivity index (χ3v) is 3.23. The lowest BCUT2D eigenvalue weighted by molar-refractivity contribution is -0.385. The molecule has 0 saturated heterocycles. The average Bonchev–Trinajstić information content (AvgIpc) is 2.66. The number of hydrogen-bond donors (Lipinski definition) is 1. The molecule has 106 valence electrons. The van der Waals surface area contributed by atoms with Gasteiger partial charge >= 0.3 is 5.69 Å². The zero-order valence-electron chi connectivity index (χ0n) is 11.2. The fourth-order valence-electron chi connectivity index (χ4n) is 1.72. The number of halogens is 1. The van der Waals surface area contributed by atoms with Gasteiger partial charge in [0.05, 0.1) is 21.3 Å². The maximum Gasteiger partial charge on any atom is 0.332 e. The van der Waals surface area contributed by atoms with Gasteiger partial charge in [0, 0.05) is 6.54 Å². The van der Waals surface area contributed by atoms with E-state index < -0.39 is 4.92 Å². The number of nitro groups is 1. The minimum atomic E-state index is -0.546. The predicted octanol–water partition coefficient (Wildman–Crippen LogP) is 2.27. The van der Waals surface area contributed by atoms with Crippen molar-refractivity contribution >= 4 is 23.2 Å². The van der Waals surface area contributed by atoms with Crippen LogP contribution in [0, 0.1) is 24.0 Å².